The van der Waals surface area contributed by atoms with Crippen LogP contribution in [0.5, 0.6) is 0 Å². The molecule has 0 spiro atoms. The summed E-state index contributed by atoms with van der Waals surface area (Å²) in [6.07, 6.45) is 0.862. The number of nitrogens with one attached hydrogen (secondary N) is 2. The lowest BCUT2D eigenvalue weighted by atomic mass is 9.98. The average molecular weight is 277 g/mol. The van der Waals surface area contributed by atoms with Crippen LogP contribution in [0.25, 0.3) is 0 Å². The van der Waals surface area contributed by atoms with E-state index in [2.05, 4.69) is 10.6 Å². The first-order valence-electron chi connectivity index (χ1n) is 6.30. The molecular weight excluding hydrogens is 262 g/mol. The molecule has 1 aliphatic heterocycles. The first-order valence-corrected chi connectivity index (χ1v) is 6.30. The van der Waals surface area contributed by atoms with Crippen molar-refractivity contribution in [2.24, 2.45) is 5.92 Å². The van der Waals surface area contributed by atoms with Crippen molar-refractivity contribution in [2.45, 2.75) is 19.8 Å². The smallest absolute Gasteiger partial charge is 0.272 e. The van der Waals surface area contributed by atoms with Crippen LogP contribution in [-0.2, 0) is 9.59 Å². The zero-order valence-electron chi connectivity index (χ0n) is 11.0. The summed E-state index contributed by atoms with van der Waals surface area (Å²) >= 11 is 0. The number of aryl methyl sites for hydroxylation is 1. The second kappa shape index (κ2) is 5.68. The summed E-state index contributed by atoms with van der Waals surface area (Å²) < 4.78 is 0. The molecule has 1 heterocycles. The van der Waals surface area contributed by atoms with E-state index in [0.717, 1.165) is 0 Å². The van der Waals surface area contributed by atoms with Crippen molar-refractivity contribution >= 4 is 23.2 Å². The van der Waals surface area contributed by atoms with Gasteiger partial charge in [0.2, 0.25) is 11.8 Å². The van der Waals surface area contributed by atoms with E-state index in [9.17, 15) is 19.7 Å². The third-order valence-corrected chi connectivity index (χ3v) is 3.30. The highest BCUT2D eigenvalue weighted by atomic mass is 16.6. The Morgan fingerprint density at radius 2 is 2.25 bits per heavy atom. The van der Waals surface area contributed by atoms with Gasteiger partial charge in [0.1, 0.15) is 0 Å². The fourth-order valence-corrected chi connectivity index (χ4v) is 2.14. The third-order valence-electron chi connectivity index (χ3n) is 3.30. The molecule has 0 saturated carbocycles. The van der Waals surface area contributed by atoms with Gasteiger partial charge in [-0.15, -0.1) is 0 Å². The standard InChI is InChI=1S/C13H15N3O4/c1-8-6-10(3-4-11(8)16(19)20)15-13(18)9-2-5-12(17)14-7-9/h3-4,6,9H,2,5,7H2,1H3,(H,14,17)(H,15,18). The molecule has 106 valence electrons. The van der Waals surface area contributed by atoms with Gasteiger partial charge in [-0.05, 0) is 25.5 Å². The second-order valence-electron chi connectivity index (χ2n) is 4.79. The van der Waals surface area contributed by atoms with E-state index in [1.165, 1.54) is 12.1 Å². The number of amides is 2. The predicted molar refractivity (Wildman–Crippen MR) is 72.2 cm³/mol. The van der Waals surface area contributed by atoms with Crippen LogP contribution >= 0.6 is 0 Å². The molecule has 0 bridgehead atoms. The lowest BCUT2D eigenvalue weighted by molar-refractivity contribution is -0.385. The number of piperidine rings is 1. The van der Waals surface area contributed by atoms with Gasteiger partial charge in [0.15, 0.2) is 0 Å². The normalized spacial score (nSPS) is 18.2. The molecule has 7 nitrogen and oxygen atoms in total. The molecule has 2 amide bonds. The van der Waals surface area contributed by atoms with Crippen LogP contribution in [0.15, 0.2) is 18.2 Å². The molecule has 20 heavy (non-hydrogen) atoms. The number of rotatable bonds is 3. The molecule has 0 aromatic heterocycles. The maximum Gasteiger partial charge on any atom is 0.272 e. The summed E-state index contributed by atoms with van der Waals surface area (Å²) in [5.41, 5.74) is 1.03. The highest BCUT2D eigenvalue weighted by molar-refractivity contribution is 5.94. The van der Waals surface area contributed by atoms with Gasteiger partial charge in [-0.3, -0.25) is 19.7 Å². The van der Waals surface area contributed by atoms with Crippen molar-refractivity contribution in [3.63, 3.8) is 0 Å². The van der Waals surface area contributed by atoms with Gasteiger partial charge >= 0.3 is 0 Å². The van der Waals surface area contributed by atoms with Gasteiger partial charge < -0.3 is 10.6 Å². The van der Waals surface area contributed by atoms with E-state index in [1.807, 2.05) is 0 Å². The quantitative estimate of drug-likeness (QED) is 0.643. The summed E-state index contributed by atoms with van der Waals surface area (Å²) in [4.78, 5) is 33.3. The van der Waals surface area contributed by atoms with Gasteiger partial charge in [0, 0.05) is 30.3 Å². The molecule has 7 heteroatoms. The number of benzene rings is 1. The molecule has 0 radical (unpaired) electrons. The van der Waals surface area contributed by atoms with Crippen molar-refractivity contribution in [3.8, 4) is 0 Å². The summed E-state index contributed by atoms with van der Waals surface area (Å²) in [7, 11) is 0. The largest absolute Gasteiger partial charge is 0.355 e. The number of nitrogens with zero attached hydrogens (tertiary/aromatic N) is 1. The number of carbonyl (C=O) groups excluding carboxylic acids is 2. The Labute approximate surface area is 115 Å². The molecule has 2 N–H and O–H groups in total. The van der Waals surface area contributed by atoms with E-state index in [1.54, 1.807) is 13.0 Å². The van der Waals surface area contributed by atoms with Crippen LogP contribution < -0.4 is 10.6 Å². The Bertz CT molecular complexity index is 561. The third kappa shape index (κ3) is 3.11. The summed E-state index contributed by atoms with van der Waals surface area (Å²) in [5.74, 6) is -0.485. The first-order chi connectivity index (χ1) is 9.47. The molecule has 1 aromatic rings. The number of nitro groups is 1. The highest BCUT2D eigenvalue weighted by Crippen LogP contribution is 2.22. The van der Waals surface area contributed by atoms with E-state index in [0.29, 0.717) is 30.6 Å². The van der Waals surface area contributed by atoms with Crippen molar-refractivity contribution in [1.82, 2.24) is 5.32 Å². The number of anilines is 1. The molecule has 1 atom stereocenters. The summed E-state index contributed by atoms with van der Waals surface area (Å²) in [6, 6.07) is 4.44. The Hall–Kier alpha value is -2.44. The highest BCUT2D eigenvalue weighted by Gasteiger charge is 2.24. The summed E-state index contributed by atoms with van der Waals surface area (Å²) in [6.45, 7) is 1.95. The minimum Gasteiger partial charge on any atom is -0.355 e. The first kappa shape index (κ1) is 14.0. The fraction of sp³-hybridized carbons (Fsp3) is 0.385. The second-order valence-corrected chi connectivity index (χ2v) is 4.79. The number of hydrogen-bond acceptors (Lipinski definition) is 4. The molecule has 2 rings (SSSR count). The zero-order valence-corrected chi connectivity index (χ0v) is 11.0. The number of carbonyl (C=O) groups is 2. The van der Waals surface area contributed by atoms with E-state index < -0.39 is 4.92 Å². The van der Waals surface area contributed by atoms with E-state index >= 15 is 0 Å². The molecule has 1 saturated heterocycles. The van der Waals surface area contributed by atoms with Crippen molar-refractivity contribution < 1.29 is 14.5 Å². The van der Waals surface area contributed by atoms with Gasteiger partial charge in [-0.2, -0.15) is 0 Å². The van der Waals surface area contributed by atoms with Crippen LogP contribution in [0.1, 0.15) is 18.4 Å². The summed E-state index contributed by atoms with van der Waals surface area (Å²) in [5, 5.41) is 16.1. The Balaban J connectivity index is 2.03. The molecule has 1 aromatic carbocycles. The van der Waals surface area contributed by atoms with Crippen molar-refractivity contribution in [1.29, 1.82) is 0 Å². The molecule has 0 aliphatic carbocycles. The van der Waals surface area contributed by atoms with E-state index in [-0.39, 0.29) is 23.4 Å². The van der Waals surface area contributed by atoms with E-state index in [4.69, 9.17) is 0 Å². The Morgan fingerprint density at radius 1 is 1.50 bits per heavy atom. The maximum absolute atomic E-state index is 12.0. The topological polar surface area (TPSA) is 101 Å². The predicted octanol–water partition coefficient (Wildman–Crippen LogP) is 1.37. The average Bonchev–Trinajstić information content (AvgIpc) is 2.39. The van der Waals surface area contributed by atoms with Gasteiger partial charge in [0.25, 0.3) is 5.69 Å². The zero-order chi connectivity index (χ0) is 14.7. The minimum atomic E-state index is -0.461. The van der Waals surface area contributed by atoms with Gasteiger partial charge in [-0.25, -0.2) is 0 Å². The monoisotopic (exact) mass is 277 g/mol. The Morgan fingerprint density at radius 3 is 2.80 bits per heavy atom. The maximum atomic E-state index is 12.0. The Kier molecular flexibility index (Phi) is 3.97. The van der Waals surface area contributed by atoms with Crippen LogP contribution in [0.4, 0.5) is 11.4 Å². The van der Waals surface area contributed by atoms with Crippen molar-refractivity contribution in [2.75, 3.05) is 11.9 Å². The lowest BCUT2D eigenvalue weighted by Gasteiger charge is -2.21. The number of hydrogen-bond donors (Lipinski definition) is 2. The van der Waals surface area contributed by atoms with Gasteiger partial charge in [0.05, 0.1) is 10.8 Å². The minimum absolute atomic E-state index is 0.0212. The molecular formula is C13H15N3O4. The molecule has 1 aliphatic rings. The lowest BCUT2D eigenvalue weighted by Crippen LogP contribution is -2.40. The van der Waals surface area contributed by atoms with Crippen LogP contribution in [0.3, 0.4) is 0 Å². The van der Waals surface area contributed by atoms with Crippen molar-refractivity contribution in [3.05, 3.63) is 33.9 Å². The number of nitro benzene ring substituents is 1. The van der Waals surface area contributed by atoms with Crippen LogP contribution in [0.2, 0.25) is 0 Å². The van der Waals surface area contributed by atoms with Gasteiger partial charge in [-0.1, -0.05) is 0 Å². The van der Waals surface area contributed by atoms with Crippen LogP contribution in [-0.4, -0.2) is 23.3 Å². The SMILES string of the molecule is Cc1cc(NC(=O)C2CCC(=O)NC2)ccc1[N+](=O)[O-]. The molecule has 1 fully saturated rings. The fourth-order valence-electron chi connectivity index (χ4n) is 2.14. The molecule has 1 unspecified atom stereocenters. The van der Waals surface area contributed by atoms with Crippen LogP contribution in [0, 0.1) is 23.0 Å².